The van der Waals surface area contributed by atoms with Crippen molar-refractivity contribution in [1.29, 1.82) is 0 Å². The molecule has 0 fully saturated rings. The van der Waals surface area contributed by atoms with Gasteiger partial charge in [-0.1, -0.05) is 16.8 Å². The van der Waals surface area contributed by atoms with Crippen LogP contribution in [0, 0.1) is 0 Å². The molecule has 2 heterocycles. The second-order valence-corrected chi connectivity index (χ2v) is 4.28. The van der Waals surface area contributed by atoms with Crippen LogP contribution in [0.1, 0.15) is 6.42 Å². The van der Waals surface area contributed by atoms with Crippen LogP contribution in [0.25, 0.3) is 11.0 Å². The van der Waals surface area contributed by atoms with Crippen molar-refractivity contribution in [1.82, 2.24) is 15.2 Å². The van der Waals surface area contributed by atoms with Gasteiger partial charge in [-0.3, -0.25) is 4.90 Å². The molecule has 92 valence electrons. The normalized spacial score (nSPS) is 15.2. The van der Waals surface area contributed by atoms with E-state index in [0.717, 1.165) is 18.5 Å². The molecule has 3 rings (SSSR count). The van der Waals surface area contributed by atoms with Gasteiger partial charge in [0.1, 0.15) is 0 Å². The lowest BCUT2D eigenvalue weighted by atomic mass is 10.2. The minimum absolute atomic E-state index is 0.0911. The highest BCUT2D eigenvalue weighted by molar-refractivity contribution is 5.78. The van der Waals surface area contributed by atoms with Crippen molar-refractivity contribution in [3.8, 4) is 0 Å². The Hall–Kier alpha value is -2.37. The van der Waals surface area contributed by atoms with E-state index in [0.29, 0.717) is 17.7 Å². The van der Waals surface area contributed by atoms with Crippen molar-refractivity contribution in [2.24, 2.45) is 0 Å². The van der Waals surface area contributed by atoms with Gasteiger partial charge in [0.2, 0.25) is 5.52 Å². The average molecular weight is 244 g/mol. The van der Waals surface area contributed by atoms with Crippen LogP contribution >= 0.6 is 0 Å². The predicted molar refractivity (Wildman–Crippen MR) is 66.8 cm³/mol. The van der Waals surface area contributed by atoms with Gasteiger partial charge < -0.3 is 5.73 Å². The third-order valence-electron chi connectivity index (χ3n) is 3.03. The van der Waals surface area contributed by atoms with E-state index in [1.54, 1.807) is 23.1 Å². The van der Waals surface area contributed by atoms with Crippen molar-refractivity contribution in [3.05, 3.63) is 30.4 Å². The summed E-state index contributed by atoms with van der Waals surface area (Å²) in [4.78, 5) is 14.1. The van der Waals surface area contributed by atoms with Crippen LogP contribution in [0.2, 0.25) is 0 Å². The predicted octanol–water partition coefficient (Wildman–Crippen LogP) is 0.663. The lowest BCUT2D eigenvalue weighted by Gasteiger charge is -2.16. The molecule has 6 nitrogen and oxygen atoms in total. The zero-order chi connectivity index (χ0) is 12.5. The molecular weight excluding hydrogens is 230 g/mol. The quantitative estimate of drug-likeness (QED) is 0.406. The number of nitrogen functional groups attached to an aromatic ring is 1. The summed E-state index contributed by atoms with van der Waals surface area (Å²) in [5, 5.41) is 6.82. The van der Waals surface area contributed by atoms with Gasteiger partial charge in [0.25, 0.3) is 0 Å². The SMILES string of the molecule is Nc1ccc2c(c1)n[nH][n+]2C(=O)N1CC=CCC1. The maximum Gasteiger partial charge on any atom is 0.461 e. The lowest BCUT2D eigenvalue weighted by molar-refractivity contribution is -0.616. The maximum atomic E-state index is 12.3. The number of rotatable bonds is 0. The van der Waals surface area contributed by atoms with Gasteiger partial charge in [0, 0.05) is 11.8 Å². The molecule has 1 aliphatic rings. The number of carbonyl (C=O) groups excluding carboxylic acids is 1. The molecule has 0 radical (unpaired) electrons. The number of benzene rings is 1. The smallest absolute Gasteiger partial charge is 0.399 e. The number of hydrogen-bond acceptors (Lipinski definition) is 3. The summed E-state index contributed by atoms with van der Waals surface area (Å²) < 4.78 is 1.45. The number of nitrogens with zero attached hydrogens (tertiary/aromatic N) is 3. The zero-order valence-electron chi connectivity index (χ0n) is 9.84. The summed E-state index contributed by atoms with van der Waals surface area (Å²) in [6, 6.07) is 5.21. The molecule has 0 saturated carbocycles. The van der Waals surface area contributed by atoms with Gasteiger partial charge >= 0.3 is 6.03 Å². The second-order valence-electron chi connectivity index (χ2n) is 4.28. The summed E-state index contributed by atoms with van der Waals surface area (Å²) in [5.74, 6) is 0. The number of nitrogens with one attached hydrogen (secondary N) is 1. The molecule has 1 amide bonds. The Kier molecular flexibility index (Phi) is 2.47. The Morgan fingerprint density at radius 2 is 2.33 bits per heavy atom. The fourth-order valence-corrected chi connectivity index (χ4v) is 2.08. The van der Waals surface area contributed by atoms with Gasteiger partial charge in [0.05, 0.1) is 13.1 Å². The van der Waals surface area contributed by atoms with E-state index >= 15 is 0 Å². The first-order chi connectivity index (χ1) is 8.75. The lowest BCUT2D eigenvalue weighted by Crippen LogP contribution is -2.54. The molecule has 3 N–H and O–H groups in total. The third kappa shape index (κ3) is 1.71. The second kappa shape index (κ2) is 4.14. The third-order valence-corrected chi connectivity index (χ3v) is 3.03. The molecule has 0 spiro atoms. The maximum absolute atomic E-state index is 12.3. The Bertz CT molecular complexity index is 630. The molecule has 6 heteroatoms. The Morgan fingerprint density at radius 1 is 1.44 bits per heavy atom. The van der Waals surface area contributed by atoms with Crippen LogP contribution in [0.4, 0.5) is 10.5 Å². The molecule has 0 saturated heterocycles. The van der Waals surface area contributed by atoms with E-state index in [1.807, 2.05) is 6.08 Å². The summed E-state index contributed by atoms with van der Waals surface area (Å²) in [5.41, 5.74) is 7.75. The minimum Gasteiger partial charge on any atom is -0.399 e. The van der Waals surface area contributed by atoms with E-state index in [2.05, 4.69) is 16.4 Å². The molecule has 1 aromatic heterocycles. The highest BCUT2D eigenvalue weighted by Gasteiger charge is 2.25. The van der Waals surface area contributed by atoms with Crippen LogP contribution < -0.4 is 10.4 Å². The van der Waals surface area contributed by atoms with Crippen molar-refractivity contribution in [2.45, 2.75) is 6.42 Å². The van der Waals surface area contributed by atoms with Gasteiger partial charge in [0.15, 0.2) is 5.52 Å². The van der Waals surface area contributed by atoms with E-state index in [1.165, 1.54) is 4.68 Å². The van der Waals surface area contributed by atoms with Gasteiger partial charge in [-0.2, -0.15) is 0 Å². The standard InChI is InChI=1S/C12H13N5O/c13-9-4-5-11-10(8-9)14-15-17(11)12(18)16-6-2-1-3-7-16/h1-2,4-5,8H,3,6-7,13H2/p+1. The number of fused-ring (bicyclic) bond motifs is 1. The molecule has 1 aromatic carbocycles. The minimum atomic E-state index is -0.0911. The number of aromatic amines is 1. The van der Waals surface area contributed by atoms with Gasteiger partial charge in [-0.25, -0.2) is 4.79 Å². The van der Waals surface area contributed by atoms with Crippen LogP contribution in [-0.2, 0) is 0 Å². The number of hydrogen-bond donors (Lipinski definition) is 2. The van der Waals surface area contributed by atoms with E-state index in [4.69, 9.17) is 5.73 Å². The molecule has 1 aliphatic heterocycles. The summed E-state index contributed by atoms with van der Waals surface area (Å²) in [6.07, 6.45) is 4.98. The topological polar surface area (TPSA) is 78.9 Å². The van der Waals surface area contributed by atoms with E-state index in [-0.39, 0.29) is 6.03 Å². The van der Waals surface area contributed by atoms with Crippen LogP contribution in [0.3, 0.4) is 0 Å². The van der Waals surface area contributed by atoms with Crippen molar-refractivity contribution in [2.75, 3.05) is 18.8 Å². The fraction of sp³-hybridized carbons (Fsp3) is 0.250. The molecule has 0 bridgehead atoms. The fourth-order valence-electron chi connectivity index (χ4n) is 2.08. The zero-order valence-corrected chi connectivity index (χ0v) is 9.84. The first kappa shape index (κ1) is 10.8. The number of H-pyrrole nitrogens is 1. The van der Waals surface area contributed by atoms with E-state index in [9.17, 15) is 4.79 Å². The van der Waals surface area contributed by atoms with Crippen molar-refractivity contribution in [3.63, 3.8) is 0 Å². The van der Waals surface area contributed by atoms with Crippen molar-refractivity contribution < 1.29 is 9.48 Å². The molecule has 0 unspecified atom stereocenters. The molecule has 2 aromatic rings. The number of anilines is 1. The summed E-state index contributed by atoms with van der Waals surface area (Å²) in [7, 11) is 0. The monoisotopic (exact) mass is 244 g/mol. The first-order valence-electron chi connectivity index (χ1n) is 5.85. The number of nitrogens with two attached hydrogens (primary N) is 1. The van der Waals surface area contributed by atoms with Crippen molar-refractivity contribution >= 4 is 22.8 Å². The number of carbonyl (C=O) groups is 1. The number of amides is 1. The largest absolute Gasteiger partial charge is 0.461 e. The Balaban J connectivity index is 1.98. The summed E-state index contributed by atoms with van der Waals surface area (Å²) >= 11 is 0. The number of aromatic nitrogens is 3. The first-order valence-corrected chi connectivity index (χ1v) is 5.85. The average Bonchev–Trinajstić information content (AvgIpc) is 2.81. The highest BCUT2D eigenvalue weighted by atomic mass is 16.2. The molecule has 0 aliphatic carbocycles. The highest BCUT2D eigenvalue weighted by Crippen LogP contribution is 2.11. The Labute approximate surface area is 104 Å². The van der Waals surface area contributed by atoms with E-state index < -0.39 is 0 Å². The molecular formula is C12H14N5O+. The van der Waals surface area contributed by atoms with Crippen LogP contribution in [0.5, 0.6) is 0 Å². The summed E-state index contributed by atoms with van der Waals surface area (Å²) in [6.45, 7) is 1.37. The van der Waals surface area contributed by atoms with Crippen LogP contribution in [-0.4, -0.2) is 34.3 Å². The molecule has 0 atom stereocenters. The van der Waals surface area contributed by atoms with Gasteiger partial charge in [-0.05, 0) is 23.7 Å². The van der Waals surface area contributed by atoms with Crippen LogP contribution in [0.15, 0.2) is 30.4 Å². The molecule has 18 heavy (non-hydrogen) atoms. The van der Waals surface area contributed by atoms with Gasteiger partial charge in [-0.15, -0.1) is 5.21 Å². The Morgan fingerprint density at radius 3 is 3.11 bits per heavy atom.